The zero-order valence-corrected chi connectivity index (χ0v) is 16.7. The van der Waals surface area contributed by atoms with Crippen molar-refractivity contribution in [3.8, 4) is 5.75 Å². The first-order chi connectivity index (χ1) is 13.3. The van der Waals surface area contributed by atoms with Crippen LogP contribution in [0, 0.1) is 12.3 Å². The summed E-state index contributed by atoms with van der Waals surface area (Å²) in [6.45, 7) is 8.35. The molecule has 28 heavy (non-hydrogen) atoms. The fraction of sp³-hybridized carbons (Fsp3) is 0.200. The Bertz CT molecular complexity index is 997. The van der Waals surface area contributed by atoms with Gasteiger partial charge in [-0.25, -0.2) is 4.79 Å². The minimum absolute atomic E-state index is 0.0931. The number of esters is 1. The van der Waals surface area contributed by atoms with Crippen molar-refractivity contribution in [3.05, 3.63) is 101 Å². The Morgan fingerprint density at radius 3 is 2.11 bits per heavy atom. The van der Waals surface area contributed by atoms with E-state index in [0.29, 0.717) is 22.6 Å². The van der Waals surface area contributed by atoms with Crippen LogP contribution in [-0.4, -0.2) is 11.7 Å². The van der Waals surface area contributed by atoms with Crippen molar-refractivity contribution in [2.24, 2.45) is 0 Å². The van der Waals surface area contributed by atoms with Gasteiger partial charge in [0.05, 0.1) is 11.3 Å². The smallest absolute Gasteiger partial charge is 0.344 e. The molecule has 0 radical (unpaired) electrons. The highest BCUT2D eigenvalue weighted by atomic mass is 16.5. The number of rotatable bonds is 4. The normalized spacial score (nSPS) is 11.1. The van der Waals surface area contributed by atoms with Gasteiger partial charge in [0, 0.05) is 11.1 Å². The average Bonchev–Trinajstić information content (AvgIpc) is 2.67. The highest BCUT2D eigenvalue weighted by Gasteiger charge is 2.22. The number of para-hydroxylation sites is 1. The molecule has 142 valence electrons. The van der Waals surface area contributed by atoms with Crippen molar-refractivity contribution in [2.75, 3.05) is 0 Å². The molecule has 0 atom stereocenters. The first-order valence-electron chi connectivity index (χ1n) is 9.33. The molecule has 3 nitrogen and oxygen atoms in total. The number of carbonyl (C=O) groups excluding carboxylic acids is 1. The van der Waals surface area contributed by atoms with Crippen LogP contribution < -0.4 is 4.74 Å². The van der Waals surface area contributed by atoms with Gasteiger partial charge in [-0.15, -0.1) is 0 Å². The summed E-state index contributed by atoms with van der Waals surface area (Å²) in [6, 6.07) is 22.4. The number of ether oxygens (including phenoxy) is 1. The topological polar surface area (TPSA) is 50.2 Å². The standard InChI is InChI=1S/C25H25NO2/c1-17-10-12-18(13-11-17)23(26)22-16-19(25(2,3)4)14-15-21(22)24(27)28-20-8-6-5-7-9-20/h5-16,26H,1-4H3. The molecule has 0 spiro atoms. The molecule has 0 saturated carbocycles. The van der Waals surface area contributed by atoms with Gasteiger partial charge in [0.2, 0.25) is 0 Å². The Kier molecular flexibility index (Phi) is 5.46. The van der Waals surface area contributed by atoms with Crippen molar-refractivity contribution >= 4 is 11.7 Å². The second kappa shape index (κ2) is 7.81. The molecule has 3 heteroatoms. The monoisotopic (exact) mass is 371 g/mol. The molecular weight excluding hydrogens is 346 g/mol. The summed E-state index contributed by atoms with van der Waals surface area (Å²) in [6.07, 6.45) is 0. The van der Waals surface area contributed by atoms with Crippen LogP contribution in [0.25, 0.3) is 0 Å². The SMILES string of the molecule is Cc1ccc(C(=N)c2cc(C(C)(C)C)ccc2C(=O)Oc2ccccc2)cc1. The molecule has 3 aromatic rings. The molecule has 0 aliphatic rings. The molecule has 0 aliphatic heterocycles. The number of carbonyl (C=O) groups is 1. The van der Waals surface area contributed by atoms with Crippen LogP contribution in [-0.2, 0) is 5.41 Å². The third-order valence-corrected chi connectivity index (χ3v) is 4.67. The van der Waals surface area contributed by atoms with Crippen molar-refractivity contribution in [1.29, 1.82) is 5.41 Å². The summed E-state index contributed by atoms with van der Waals surface area (Å²) in [5.41, 5.74) is 4.15. The molecule has 3 aromatic carbocycles. The summed E-state index contributed by atoms with van der Waals surface area (Å²) in [7, 11) is 0. The van der Waals surface area contributed by atoms with Crippen molar-refractivity contribution < 1.29 is 9.53 Å². The molecule has 0 unspecified atom stereocenters. The molecule has 0 aromatic heterocycles. The second-order valence-electron chi connectivity index (χ2n) is 7.95. The summed E-state index contributed by atoms with van der Waals surface area (Å²) in [4.78, 5) is 12.9. The Morgan fingerprint density at radius 1 is 0.857 bits per heavy atom. The van der Waals surface area contributed by atoms with Crippen LogP contribution >= 0.6 is 0 Å². The van der Waals surface area contributed by atoms with Crippen LogP contribution in [0.5, 0.6) is 5.75 Å². The van der Waals surface area contributed by atoms with Gasteiger partial charge < -0.3 is 4.74 Å². The summed E-state index contributed by atoms with van der Waals surface area (Å²) >= 11 is 0. The summed E-state index contributed by atoms with van der Waals surface area (Å²) < 4.78 is 5.54. The van der Waals surface area contributed by atoms with E-state index in [4.69, 9.17) is 10.1 Å². The molecule has 0 fully saturated rings. The Labute approximate surface area is 166 Å². The molecule has 1 N–H and O–H groups in total. The Morgan fingerprint density at radius 2 is 1.50 bits per heavy atom. The van der Waals surface area contributed by atoms with E-state index in [1.54, 1.807) is 18.2 Å². The first-order valence-corrected chi connectivity index (χ1v) is 9.33. The van der Waals surface area contributed by atoms with E-state index in [2.05, 4.69) is 20.8 Å². The van der Waals surface area contributed by atoms with E-state index in [-0.39, 0.29) is 5.41 Å². The fourth-order valence-corrected chi connectivity index (χ4v) is 2.92. The lowest BCUT2D eigenvalue weighted by Gasteiger charge is -2.21. The fourth-order valence-electron chi connectivity index (χ4n) is 2.92. The van der Waals surface area contributed by atoms with Crippen LogP contribution in [0.3, 0.4) is 0 Å². The maximum absolute atomic E-state index is 12.9. The maximum atomic E-state index is 12.9. The number of benzene rings is 3. The van der Waals surface area contributed by atoms with Gasteiger partial charge in [0.1, 0.15) is 5.75 Å². The minimum atomic E-state index is -0.460. The van der Waals surface area contributed by atoms with E-state index < -0.39 is 5.97 Å². The highest BCUT2D eigenvalue weighted by molar-refractivity contribution is 6.16. The van der Waals surface area contributed by atoms with E-state index in [9.17, 15) is 4.79 Å². The van der Waals surface area contributed by atoms with Gasteiger partial charge in [-0.05, 0) is 42.2 Å². The van der Waals surface area contributed by atoms with Gasteiger partial charge in [0.15, 0.2) is 0 Å². The average molecular weight is 371 g/mol. The lowest BCUT2D eigenvalue weighted by atomic mass is 9.84. The van der Waals surface area contributed by atoms with E-state index in [0.717, 1.165) is 16.7 Å². The largest absolute Gasteiger partial charge is 0.423 e. The zero-order valence-electron chi connectivity index (χ0n) is 16.7. The third-order valence-electron chi connectivity index (χ3n) is 4.67. The number of hydrogen-bond acceptors (Lipinski definition) is 3. The van der Waals surface area contributed by atoms with Crippen LogP contribution in [0.1, 0.15) is 53.4 Å². The lowest BCUT2D eigenvalue weighted by molar-refractivity contribution is 0.0734. The van der Waals surface area contributed by atoms with Crippen molar-refractivity contribution in [2.45, 2.75) is 33.1 Å². The van der Waals surface area contributed by atoms with Gasteiger partial charge in [-0.2, -0.15) is 0 Å². The quantitative estimate of drug-likeness (QED) is 0.351. The minimum Gasteiger partial charge on any atom is -0.423 e. The van der Waals surface area contributed by atoms with Crippen LogP contribution in [0.2, 0.25) is 0 Å². The number of nitrogens with one attached hydrogen (secondary N) is 1. The van der Waals surface area contributed by atoms with Gasteiger partial charge in [-0.1, -0.05) is 74.9 Å². The molecule has 0 amide bonds. The Balaban J connectivity index is 2.05. The second-order valence-corrected chi connectivity index (χ2v) is 7.95. The van der Waals surface area contributed by atoms with E-state index in [1.807, 2.05) is 61.5 Å². The van der Waals surface area contributed by atoms with E-state index in [1.165, 1.54) is 0 Å². The van der Waals surface area contributed by atoms with Crippen molar-refractivity contribution in [3.63, 3.8) is 0 Å². The lowest BCUT2D eigenvalue weighted by Crippen LogP contribution is -2.18. The highest BCUT2D eigenvalue weighted by Crippen LogP contribution is 2.27. The van der Waals surface area contributed by atoms with E-state index >= 15 is 0 Å². The zero-order chi connectivity index (χ0) is 20.3. The number of hydrogen-bond donors (Lipinski definition) is 1. The predicted octanol–water partition coefficient (Wildman–Crippen LogP) is 5.93. The van der Waals surface area contributed by atoms with Crippen LogP contribution in [0.4, 0.5) is 0 Å². The molecule has 3 rings (SSSR count). The molecule has 0 saturated heterocycles. The number of aryl methyl sites for hydroxylation is 1. The predicted molar refractivity (Wildman–Crippen MR) is 114 cm³/mol. The van der Waals surface area contributed by atoms with Gasteiger partial charge in [0.25, 0.3) is 0 Å². The maximum Gasteiger partial charge on any atom is 0.344 e. The summed E-state index contributed by atoms with van der Waals surface area (Å²) in [5.74, 6) is 0.0266. The summed E-state index contributed by atoms with van der Waals surface area (Å²) in [5, 5.41) is 8.75. The third kappa shape index (κ3) is 4.37. The molecule has 0 heterocycles. The van der Waals surface area contributed by atoms with Gasteiger partial charge in [-0.3, -0.25) is 5.41 Å². The Hall–Kier alpha value is -3.20. The first kappa shape index (κ1) is 19.6. The van der Waals surface area contributed by atoms with Gasteiger partial charge >= 0.3 is 5.97 Å². The molecule has 0 bridgehead atoms. The molecule has 0 aliphatic carbocycles. The van der Waals surface area contributed by atoms with Crippen LogP contribution in [0.15, 0.2) is 72.8 Å². The van der Waals surface area contributed by atoms with Crippen molar-refractivity contribution in [1.82, 2.24) is 0 Å². The molecular formula is C25H25NO2.